The molecule has 3 saturated heterocycles. The minimum absolute atomic E-state index is 0.162. The van der Waals surface area contributed by atoms with E-state index < -0.39 is 6.04 Å². The molecule has 2 atom stereocenters. The fourth-order valence-electron chi connectivity index (χ4n) is 11.7. The SMILES string of the molecule is O=C1CC(c2ccc(-c3ncnc4[nH]cnc34)cc2)CC(=O)C1=CNCCN1CCN(C(CO)c2nc(-c3ccc(C4CC(=O)C(=CNCCN5CCN(CCO)CC5)C(=O)C4)cc3)c3ncn(C4CCCCO4)c3n2)CC1. The Labute approximate surface area is 452 Å². The second-order valence-electron chi connectivity index (χ2n) is 21.1. The zero-order valence-corrected chi connectivity index (χ0v) is 43.9. The molecule has 2 aromatic carbocycles. The molecule has 2 unspecified atom stereocenters. The van der Waals surface area contributed by atoms with Gasteiger partial charge >= 0.3 is 0 Å². The molecule has 5 fully saturated rings. The number of allylic oxidation sites excluding steroid dienone is 2. The second kappa shape index (κ2) is 24.4. The quantitative estimate of drug-likeness (QED) is 0.0469. The van der Waals surface area contributed by atoms with Crippen molar-refractivity contribution >= 4 is 45.5 Å². The van der Waals surface area contributed by atoms with Crippen LogP contribution in [0.3, 0.4) is 0 Å². The molecule has 0 spiro atoms. The summed E-state index contributed by atoms with van der Waals surface area (Å²) >= 11 is 0. The highest BCUT2D eigenvalue weighted by Gasteiger charge is 2.34. The van der Waals surface area contributed by atoms with E-state index in [0.717, 1.165) is 87.3 Å². The molecule has 408 valence electrons. The van der Waals surface area contributed by atoms with E-state index in [2.05, 4.69) is 50.2 Å². The average molecular weight is 1060 g/mol. The zero-order chi connectivity index (χ0) is 53.5. The van der Waals surface area contributed by atoms with Gasteiger partial charge in [-0.15, -0.1) is 0 Å². The number of aliphatic hydroxyl groups is 2. The number of aromatic amines is 1. The third-order valence-corrected chi connectivity index (χ3v) is 16.2. The van der Waals surface area contributed by atoms with E-state index in [4.69, 9.17) is 19.7 Å². The summed E-state index contributed by atoms with van der Waals surface area (Å²) in [6.45, 7) is 10.4. The number of rotatable bonds is 18. The van der Waals surface area contributed by atoms with Gasteiger partial charge in [-0.05, 0) is 42.2 Å². The predicted molar refractivity (Wildman–Crippen MR) is 291 cm³/mol. The second-order valence-corrected chi connectivity index (χ2v) is 21.1. The monoisotopic (exact) mass is 1060 g/mol. The van der Waals surface area contributed by atoms with E-state index in [0.29, 0.717) is 85.4 Å². The number of ketones is 4. The van der Waals surface area contributed by atoms with Crippen molar-refractivity contribution in [1.29, 1.82) is 0 Å². The maximum Gasteiger partial charge on any atom is 0.168 e. The summed E-state index contributed by atoms with van der Waals surface area (Å²) in [7, 11) is 0. The van der Waals surface area contributed by atoms with Crippen molar-refractivity contribution in [3.05, 3.63) is 108 Å². The normalized spacial score (nSPS) is 21.9. The zero-order valence-electron chi connectivity index (χ0n) is 43.9. The van der Waals surface area contributed by atoms with E-state index in [9.17, 15) is 29.4 Å². The molecule has 6 aromatic rings. The van der Waals surface area contributed by atoms with Crippen molar-refractivity contribution < 1.29 is 34.1 Å². The van der Waals surface area contributed by atoms with Gasteiger partial charge in [0.15, 0.2) is 40.3 Å². The molecule has 7 heterocycles. The van der Waals surface area contributed by atoms with Gasteiger partial charge in [-0.25, -0.2) is 29.9 Å². The average Bonchev–Trinajstić information content (AvgIpc) is 4.25. The maximum absolute atomic E-state index is 13.4. The molecular weight excluding hydrogens is 993 g/mol. The van der Waals surface area contributed by atoms with Crippen LogP contribution in [-0.2, 0) is 23.9 Å². The van der Waals surface area contributed by atoms with Crippen LogP contribution >= 0.6 is 0 Å². The number of hydrogen-bond donors (Lipinski definition) is 5. The molecule has 5 aliphatic rings. The van der Waals surface area contributed by atoms with Crippen LogP contribution < -0.4 is 10.6 Å². The topological polar surface area (TPSA) is 253 Å². The molecule has 5 N–H and O–H groups in total. The summed E-state index contributed by atoms with van der Waals surface area (Å²) in [6, 6.07) is 15.2. The number of nitrogens with one attached hydrogen (secondary N) is 3. The van der Waals surface area contributed by atoms with Crippen LogP contribution in [0.5, 0.6) is 0 Å². The van der Waals surface area contributed by atoms with Gasteiger partial charge < -0.3 is 30.6 Å². The van der Waals surface area contributed by atoms with Gasteiger partial charge in [0.25, 0.3) is 0 Å². The Morgan fingerprint density at radius 2 is 1.21 bits per heavy atom. The van der Waals surface area contributed by atoms with Gasteiger partial charge in [0.05, 0.1) is 43.1 Å². The van der Waals surface area contributed by atoms with Crippen LogP contribution in [0.1, 0.15) is 86.0 Å². The van der Waals surface area contributed by atoms with Gasteiger partial charge in [-0.1, -0.05) is 48.5 Å². The maximum atomic E-state index is 13.4. The van der Waals surface area contributed by atoms with Crippen molar-refractivity contribution in [2.24, 2.45) is 0 Å². The van der Waals surface area contributed by atoms with Crippen molar-refractivity contribution in [2.75, 3.05) is 105 Å². The summed E-state index contributed by atoms with van der Waals surface area (Å²) in [5, 5.41) is 26.7. The van der Waals surface area contributed by atoms with E-state index in [1.807, 2.05) is 53.1 Å². The number of aromatic nitrogens is 8. The highest BCUT2D eigenvalue weighted by molar-refractivity contribution is 6.22. The first-order chi connectivity index (χ1) is 38.2. The molecule has 11 rings (SSSR count). The van der Waals surface area contributed by atoms with Crippen LogP contribution in [0.4, 0.5) is 0 Å². The highest BCUT2D eigenvalue weighted by atomic mass is 16.5. The van der Waals surface area contributed by atoms with Crippen molar-refractivity contribution in [2.45, 2.75) is 69.1 Å². The van der Waals surface area contributed by atoms with Gasteiger partial charge in [-0.3, -0.25) is 43.3 Å². The number of carbonyl (C=O) groups excluding carboxylic acids is 4. The fraction of sp³-hybridized carbons (Fsp3) is 0.474. The van der Waals surface area contributed by atoms with Gasteiger partial charge in [-0.2, -0.15) is 0 Å². The van der Waals surface area contributed by atoms with E-state index in [1.54, 1.807) is 25.1 Å². The number of aliphatic hydroxyl groups excluding tert-OH is 2. The number of β-amino-alcohol motifs (C(OH)–C–C–N with tert-alkyl or cyclic N) is 1. The highest BCUT2D eigenvalue weighted by Crippen LogP contribution is 2.37. The lowest BCUT2D eigenvalue weighted by Crippen LogP contribution is -2.49. The standard InChI is InChI=1S/C57H68N14O7/c72-25-24-69-18-16-67(17-19-69)14-12-58-31-43-48(76)29-42(30-49(43)77)38-6-10-40(11-7-38)52-54-57(71(36-64-54)50-3-1-2-26-78-50)66-55(65-52)45(33-73)70-22-20-68(21-23-70)15-13-59-32-44-46(74)27-41(28-47(44)75)37-4-8-39(9-5-37)51-53-56(62-34-60-51)63-35-61-53/h4-11,31-32,34-36,41-42,45,50,58-59,72-73H,1-3,12-30,33H2,(H,60,61,62,63). The van der Waals surface area contributed by atoms with Crippen LogP contribution in [0.25, 0.3) is 44.8 Å². The number of ether oxygens (including phenoxy) is 1. The first-order valence-corrected chi connectivity index (χ1v) is 27.5. The van der Waals surface area contributed by atoms with Crippen LogP contribution in [0, 0.1) is 0 Å². The third-order valence-electron chi connectivity index (χ3n) is 16.2. The van der Waals surface area contributed by atoms with Gasteiger partial charge in [0.2, 0.25) is 0 Å². The fourth-order valence-corrected chi connectivity index (χ4v) is 11.7. The molecule has 0 amide bonds. The molecule has 78 heavy (non-hydrogen) atoms. The van der Waals surface area contributed by atoms with Gasteiger partial charge in [0.1, 0.15) is 35.0 Å². The minimum Gasteiger partial charge on any atom is -0.395 e. The van der Waals surface area contributed by atoms with E-state index in [1.165, 1.54) is 6.33 Å². The molecule has 2 aliphatic carbocycles. The molecular formula is C57H68N14O7. The Balaban J connectivity index is 0.699. The number of imidazole rings is 2. The molecule has 0 radical (unpaired) electrons. The molecule has 4 aromatic heterocycles. The predicted octanol–water partition coefficient (Wildman–Crippen LogP) is 3.47. The van der Waals surface area contributed by atoms with Crippen molar-refractivity contribution in [3.63, 3.8) is 0 Å². The first-order valence-electron chi connectivity index (χ1n) is 27.5. The first kappa shape index (κ1) is 53.0. The van der Waals surface area contributed by atoms with E-state index >= 15 is 0 Å². The van der Waals surface area contributed by atoms with E-state index in [-0.39, 0.29) is 91.2 Å². The Morgan fingerprint density at radius 3 is 1.76 bits per heavy atom. The third kappa shape index (κ3) is 11.7. The molecule has 21 heteroatoms. The summed E-state index contributed by atoms with van der Waals surface area (Å²) in [5.41, 5.74) is 7.89. The lowest BCUT2D eigenvalue weighted by atomic mass is 9.80. The number of benzene rings is 2. The Bertz CT molecular complexity index is 3130. The minimum atomic E-state index is -0.492. The van der Waals surface area contributed by atoms with Crippen LogP contribution in [0.15, 0.2) is 91.1 Å². The molecule has 3 aliphatic heterocycles. The summed E-state index contributed by atoms with van der Waals surface area (Å²) in [4.78, 5) is 93.7. The van der Waals surface area contributed by atoms with Crippen molar-refractivity contribution in [1.82, 2.24) is 69.7 Å². The molecule has 2 saturated carbocycles. The van der Waals surface area contributed by atoms with Gasteiger partial charge in [0, 0.05) is 141 Å². The Hall–Kier alpha value is -6.98. The summed E-state index contributed by atoms with van der Waals surface area (Å²) < 4.78 is 8.19. The summed E-state index contributed by atoms with van der Waals surface area (Å²) in [6.07, 6.45) is 11.6. The number of hydrogen-bond acceptors (Lipinski definition) is 19. The van der Waals surface area contributed by atoms with Crippen molar-refractivity contribution in [3.8, 4) is 22.5 Å². The number of Topliss-reactive ketones (excluding diaryl/α,β-unsaturated/α-hetero) is 4. The molecule has 0 bridgehead atoms. The number of fused-ring (bicyclic) bond motifs is 2. The Morgan fingerprint density at radius 1 is 0.641 bits per heavy atom. The Kier molecular flexibility index (Phi) is 16.6. The smallest absolute Gasteiger partial charge is 0.168 e. The number of nitrogens with zero attached hydrogens (tertiary/aromatic N) is 11. The summed E-state index contributed by atoms with van der Waals surface area (Å²) in [5.74, 6) is -0.622. The van der Waals surface area contributed by atoms with Crippen LogP contribution in [-0.4, -0.2) is 197 Å². The number of piperazine rings is 2. The van der Waals surface area contributed by atoms with Crippen LogP contribution in [0.2, 0.25) is 0 Å². The number of H-pyrrole nitrogens is 1. The molecule has 21 nitrogen and oxygen atoms in total. The largest absolute Gasteiger partial charge is 0.395 e. The lowest BCUT2D eigenvalue weighted by Gasteiger charge is -2.38. The number of carbonyl (C=O) groups is 4. The lowest BCUT2D eigenvalue weighted by molar-refractivity contribution is -0.126.